The Balaban J connectivity index is 2.61. The van der Waals surface area contributed by atoms with Crippen molar-refractivity contribution in [3.8, 4) is 0 Å². The Kier molecular flexibility index (Phi) is 18.9. The standard InChI is InChI=1S/C42H89N3O8Si4/c1-22-23-24-25-26-27-28-46-37-36(53-57(20,21)42(11,12)13)34(51-55(16,17)40(5,6)7)32(49-37)30-47-38-35(52-56(18,19)41(8,9)10)33(31(48-38)29-44-45-43)50-54(14,15)39(2,3)4/h31-38H,22-30H2,1-21H3/t31-,32-,33-,34-,35+,36+,37+,38+/m1/s1. The molecule has 0 aromatic carbocycles. The Labute approximate surface area is 354 Å². The first kappa shape index (κ1) is 53.0. The van der Waals surface area contributed by atoms with Crippen molar-refractivity contribution in [1.82, 2.24) is 0 Å². The van der Waals surface area contributed by atoms with Crippen LogP contribution in [0.4, 0.5) is 0 Å². The highest BCUT2D eigenvalue weighted by molar-refractivity contribution is 6.75. The highest BCUT2D eigenvalue weighted by Gasteiger charge is 2.57. The zero-order valence-corrected chi connectivity index (χ0v) is 44.6. The summed E-state index contributed by atoms with van der Waals surface area (Å²) in [5, 5.41) is 3.76. The average molecular weight is 877 g/mol. The molecule has 336 valence electrons. The van der Waals surface area contributed by atoms with Gasteiger partial charge in [0.15, 0.2) is 45.8 Å². The lowest BCUT2D eigenvalue weighted by atomic mass is 10.1. The lowest BCUT2D eigenvalue weighted by Crippen LogP contribution is -2.55. The molecule has 0 spiro atoms. The van der Waals surface area contributed by atoms with Crippen LogP contribution in [0.1, 0.15) is 129 Å². The van der Waals surface area contributed by atoms with Gasteiger partial charge in [-0.15, -0.1) is 0 Å². The molecule has 0 aliphatic carbocycles. The van der Waals surface area contributed by atoms with Gasteiger partial charge in [0, 0.05) is 11.5 Å². The third-order valence-electron chi connectivity index (χ3n) is 14.0. The van der Waals surface area contributed by atoms with E-state index in [0.29, 0.717) is 6.61 Å². The van der Waals surface area contributed by atoms with E-state index < -0.39 is 82.5 Å². The molecule has 2 rings (SSSR count). The van der Waals surface area contributed by atoms with Gasteiger partial charge in [0.05, 0.1) is 19.3 Å². The summed E-state index contributed by atoms with van der Waals surface area (Å²) in [4.78, 5) is 3.10. The molecule has 2 heterocycles. The summed E-state index contributed by atoms with van der Waals surface area (Å²) in [7, 11) is -9.35. The van der Waals surface area contributed by atoms with Gasteiger partial charge >= 0.3 is 0 Å². The van der Waals surface area contributed by atoms with Crippen molar-refractivity contribution in [2.75, 3.05) is 19.8 Å². The number of hydrogen-bond acceptors (Lipinski definition) is 9. The van der Waals surface area contributed by atoms with Crippen LogP contribution in [0, 0.1) is 0 Å². The number of nitrogens with zero attached hydrogens (tertiary/aromatic N) is 3. The third-order valence-corrected chi connectivity index (χ3v) is 31.9. The summed E-state index contributed by atoms with van der Waals surface area (Å²) in [5.74, 6) is 0. The van der Waals surface area contributed by atoms with Crippen LogP contribution in [0.25, 0.3) is 10.4 Å². The molecule has 11 nitrogen and oxygen atoms in total. The Bertz CT molecular complexity index is 1290. The van der Waals surface area contributed by atoms with Gasteiger partial charge in [0.2, 0.25) is 0 Å². The SMILES string of the molecule is CCCCCCCCO[C@H]1O[C@H](CO[C@H]2O[C@H](CN=[N+]=[N-])[C@@H](O[Si](C)(C)C(C)(C)C)[C@@H]2O[Si](C)(C)C(C)(C)C)[C@@H](O[Si](C)(C)C(C)(C)C)[C@@H]1O[Si](C)(C)C(C)(C)C. The number of ether oxygens (including phenoxy) is 4. The van der Waals surface area contributed by atoms with E-state index in [0.717, 1.165) is 12.8 Å². The Morgan fingerprint density at radius 2 is 0.860 bits per heavy atom. The van der Waals surface area contributed by atoms with Crippen molar-refractivity contribution >= 4 is 33.3 Å². The quantitative estimate of drug-likeness (QED) is 0.0367. The van der Waals surface area contributed by atoms with E-state index in [1.807, 2.05) is 0 Å². The number of azide groups is 1. The fraction of sp³-hybridized carbons (Fsp3) is 1.00. The first-order chi connectivity index (χ1) is 25.7. The van der Waals surface area contributed by atoms with E-state index in [1.54, 1.807) is 0 Å². The van der Waals surface area contributed by atoms with Gasteiger partial charge in [-0.25, -0.2) is 0 Å². The monoisotopic (exact) mass is 876 g/mol. The molecule has 0 bridgehead atoms. The molecule has 2 fully saturated rings. The first-order valence-electron chi connectivity index (χ1n) is 22.0. The van der Waals surface area contributed by atoms with Gasteiger partial charge in [-0.3, -0.25) is 0 Å². The first-order valence-corrected chi connectivity index (χ1v) is 33.6. The van der Waals surface area contributed by atoms with Crippen molar-refractivity contribution in [3.63, 3.8) is 0 Å². The van der Waals surface area contributed by atoms with Crippen molar-refractivity contribution in [2.45, 2.75) is 250 Å². The lowest BCUT2D eigenvalue weighted by Gasteiger charge is -2.44. The van der Waals surface area contributed by atoms with Crippen LogP contribution in [0.3, 0.4) is 0 Å². The van der Waals surface area contributed by atoms with Crippen LogP contribution in [-0.2, 0) is 36.7 Å². The molecule has 15 heteroatoms. The second-order valence-corrected chi connectivity index (χ2v) is 41.9. The van der Waals surface area contributed by atoms with Crippen LogP contribution in [0.5, 0.6) is 0 Å². The van der Waals surface area contributed by atoms with E-state index in [1.165, 1.54) is 25.7 Å². The minimum atomic E-state index is -2.37. The fourth-order valence-corrected chi connectivity index (χ4v) is 11.1. The van der Waals surface area contributed by atoms with E-state index in [-0.39, 0.29) is 33.3 Å². The Hall–Kier alpha value is -0.142. The van der Waals surface area contributed by atoms with E-state index in [2.05, 4.69) is 152 Å². The molecule has 2 aliphatic heterocycles. The van der Waals surface area contributed by atoms with Gasteiger partial charge in [0.1, 0.15) is 30.5 Å². The summed E-state index contributed by atoms with van der Waals surface area (Å²) in [5.41, 5.74) is 9.40. The summed E-state index contributed by atoms with van der Waals surface area (Å²) in [6.45, 7) is 48.2. The zero-order chi connectivity index (χ0) is 44.1. The molecule has 57 heavy (non-hydrogen) atoms. The van der Waals surface area contributed by atoms with Gasteiger partial charge < -0.3 is 36.7 Å². The van der Waals surface area contributed by atoms with Gasteiger partial charge in [-0.2, -0.15) is 0 Å². The molecule has 0 aromatic heterocycles. The van der Waals surface area contributed by atoms with Crippen molar-refractivity contribution in [1.29, 1.82) is 0 Å². The molecule has 0 amide bonds. The maximum atomic E-state index is 9.40. The molecule has 0 saturated carbocycles. The molecule has 2 saturated heterocycles. The van der Waals surface area contributed by atoms with Gasteiger partial charge in [-0.1, -0.05) is 127 Å². The number of unbranched alkanes of at least 4 members (excludes halogenated alkanes) is 5. The summed E-state index contributed by atoms with van der Waals surface area (Å²) >= 11 is 0. The number of rotatable bonds is 21. The maximum Gasteiger partial charge on any atom is 0.192 e. The summed E-state index contributed by atoms with van der Waals surface area (Å²) in [6.07, 6.45) is 2.76. The highest BCUT2D eigenvalue weighted by atomic mass is 28.4. The van der Waals surface area contributed by atoms with E-state index in [9.17, 15) is 5.53 Å². The maximum absolute atomic E-state index is 9.40. The minimum Gasteiger partial charge on any atom is -0.408 e. The fourth-order valence-electron chi connectivity index (χ4n) is 5.92. The number of hydrogen-bond donors (Lipinski definition) is 0. The van der Waals surface area contributed by atoms with Gasteiger partial charge in [-0.05, 0) is 84.5 Å². The van der Waals surface area contributed by atoms with E-state index >= 15 is 0 Å². The molecule has 8 atom stereocenters. The Morgan fingerprint density at radius 3 is 1.26 bits per heavy atom. The van der Waals surface area contributed by atoms with Crippen molar-refractivity contribution in [3.05, 3.63) is 10.4 Å². The molecule has 2 aliphatic rings. The molecule has 0 radical (unpaired) electrons. The predicted octanol–water partition coefficient (Wildman–Crippen LogP) is 12.7. The molecular weight excluding hydrogens is 787 g/mol. The largest absolute Gasteiger partial charge is 0.408 e. The van der Waals surface area contributed by atoms with Crippen molar-refractivity contribution < 1.29 is 36.7 Å². The highest BCUT2D eigenvalue weighted by Crippen LogP contribution is 2.46. The molecule has 0 N–H and O–H groups in total. The Morgan fingerprint density at radius 1 is 0.509 bits per heavy atom. The summed E-state index contributed by atoms with van der Waals surface area (Å²) < 4.78 is 56.1. The third kappa shape index (κ3) is 14.5. The van der Waals surface area contributed by atoms with E-state index in [4.69, 9.17) is 36.7 Å². The van der Waals surface area contributed by atoms with Crippen LogP contribution in [0.15, 0.2) is 5.11 Å². The second-order valence-electron chi connectivity index (χ2n) is 22.8. The van der Waals surface area contributed by atoms with Gasteiger partial charge in [0.25, 0.3) is 0 Å². The van der Waals surface area contributed by atoms with Crippen LogP contribution >= 0.6 is 0 Å². The van der Waals surface area contributed by atoms with Crippen LogP contribution in [0.2, 0.25) is 72.5 Å². The normalized spacial score (nSPS) is 27.2. The van der Waals surface area contributed by atoms with Crippen LogP contribution in [-0.4, -0.2) is 102 Å². The van der Waals surface area contributed by atoms with Crippen molar-refractivity contribution in [2.24, 2.45) is 5.11 Å². The second kappa shape index (κ2) is 20.4. The van der Waals surface area contributed by atoms with Crippen LogP contribution < -0.4 is 0 Å². The molecular formula is C42H89N3O8Si4. The molecule has 0 unspecified atom stereocenters. The zero-order valence-electron chi connectivity index (χ0n) is 40.6. The molecule has 0 aromatic rings. The predicted molar refractivity (Wildman–Crippen MR) is 245 cm³/mol. The lowest BCUT2D eigenvalue weighted by molar-refractivity contribution is -0.201. The smallest absolute Gasteiger partial charge is 0.192 e. The summed E-state index contributed by atoms with van der Waals surface area (Å²) in [6, 6.07) is 0. The average Bonchev–Trinajstić information content (AvgIpc) is 3.50. The minimum absolute atomic E-state index is 0.0288. The topological polar surface area (TPSA) is 123 Å².